The summed E-state index contributed by atoms with van der Waals surface area (Å²) in [5.41, 5.74) is 2.06. The number of guanidine groups is 1. The SMILES string of the molecule is CCNC(=NCc1ccc(F)cc1CSC)NCCCCOCCOC. The van der Waals surface area contributed by atoms with Crippen molar-refractivity contribution >= 4 is 17.7 Å². The third kappa shape index (κ3) is 9.99. The van der Waals surface area contributed by atoms with E-state index in [1.807, 2.05) is 19.2 Å². The largest absolute Gasteiger partial charge is 0.382 e. The van der Waals surface area contributed by atoms with Crippen LogP contribution in [0.15, 0.2) is 23.2 Å². The van der Waals surface area contributed by atoms with Crippen molar-refractivity contribution in [2.75, 3.05) is 46.3 Å². The lowest BCUT2D eigenvalue weighted by molar-refractivity contribution is 0.0689. The van der Waals surface area contributed by atoms with E-state index in [1.165, 1.54) is 6.07 Å². The van der Waals surface area contributed by atoms with Crippen LogP contribution in [-0.2, 0) is 21.8 Å². The molecule has 0 unspecified atom stereocenters. The zero-order valence-electron chi connectivity index (χ0n) is 16.1. The van der Waals surface area contributed by atoms with Gasteiger partial charge in [0, 0.05) is 32.6 Å². The van der Waals surface area contributed by atoms with Crippen LogP contribution in [0.25, 0.3) is 0 Å². The lowest BCUT2D eigenvalue weighted by atomic mass is 10.1. The highest BCUT2D eigenvalue weighted by Gasteiger charge is 2.04. The van der Waals surface area contributed by atoms with E-state index in [2.05, 4.69) is 15.6 Å². The van der Waals surface area contributed by atoms with E-state index in [-0.39, 0.29) is 5.82 Å². The van der Waals surface area contributed by atoms with Gasteiger partial charge in [-0.1, -0.05) is 6.07 Å². The van der Waals surface area contributed by atoms with Crippen molar-refractivity contribution in [1.82, 2.24) is 10.6 Å². The molecule has 0 aromatic heterocycles. The van der Waals surface area contributed by atoms with Gasteiger partial charge in [0.25, 0.3) is 0 Å². The lowest BCUT2D eigenvalue weighted by Crippen LogP contribution is -2.37. The van der Waals surface area contributed by atoms with E-state index in [1.54, 1.807) is 24.9 Å². The van der Waals surface area contributed by atoms with Crippen LogP contribution in [0.2, 0.25) is 0 Å². The van der Waals surface area contributed by atoms with Gasteiger partial charge in [-0.2, -0.15) is 11.8 Å². The standard InChI is InChI=1S/C19H32FN3O2S/c1-4-21-19(22-9-5-6-10-25-12-11-24-2)23-14-16-7-8-18(20)13-17(16)15-26-3/h7-8,13H,4-6,9-12,14-15H2,1-3H3,(H2,21,22,23). The van der Waals surface area contributed by atoms with Crippen molar-refractivity contribution in [1.29, 1.82) is 0 Å². The second-order valence-electron chi connectivity index (χ2n) is 5.78. The van der Waals surface area contributed by atoms with Crippen LogP contribution in [0.4, 0.5) is 4.39 Å². The molecule has 26 heavy (non-hydrogen) atoms. The summed E-state index contributed by atoms with van der Waals surface area (Å²) in [5.74, 6) is 1.38. The number of thioether (sulfide) groups is 1. The summed E-state index contributed by atoms with van der Waals surface area (Å²) in [6.07, 6.45) is 4.01. The Morgan fingerprint density at radius 3 is 2.73 bits per heavy atom. The molecule has 7 heteroatoms. The number of aliphatic imine (C=N–C) groups is 1. The van der Waals surface area contributed by atoms with Gasteiger partial charge in [-0.15, -0.1) is 0 Å². The fourth-order valence-corrected chi connectivity index (χ4v) is 2.90. The van der Waals surface area contributed by atoms with Crippen LogP contribution >= 0.6 is 11.8 Å². The van der Waals surface area contributed by atoms with Crippen LogP contribution < -0.4 is 10.6 Å². The van der Waals surface area contributed by atoms with Gasteiger partial charge in [-0.3, -0.25) is 0 Å². The summed E-state index contributed by atoms with van der Waals surface area (Å²) in [6, 6.07) is 4.93. The number of hydrogen-bond acceptors (Lipinski definition) is 4. The number of benzene rings is 1. The molecule has 1 aromatic rings. The molecule has 0 heterocycles. The van der Waals surface area contributed by atoms with E-state index in [4.69, 9.17) is 9.47 Å². The van der Waals surface area contributed by atoms with Crippen LogP contribution in [-0.4, -0.2) is 52.2 Å². The van der Waals surface area contributed by atoms with Crippen LogP contribution in [0.1, 0.15) is 30.9 Å². The summed E-state index contributed by atoms with van der Waals surface area (Å²) < 4.78 is 23.8. The fourth-order valence-electron chi connectivity index (χ4n) is 2.32. The first-order valence-electron chi connectivity index (χ1n) is 9.06. The predicted octanol–water partition coefficient (Wildman–Crippen LogP) is 3.19. The normalized spacial score (nSPS) is 11.6. The minimum absolute atomic E-state index is 0.195. The molecule has 0 atom stereocenters. The number of methoxy groups -OCH3 is 1. The molecular formula is C19H32FN3O2S. The fraction of sp³-hybridized carbons (Fsp3) is 0.632. The number of nitrogens with one attached hydrogen (secondary N) is 2. The maximum absolute atomic E-state index is 13.4. The Bertz CT molecular complexity index is 530. The molecule has 0 bridgehead atoms. The smallest absolute Gasteiger partial charge is 0.191 e. The molecule has 1 aromatic carbocycles. The second-order valence-corrected chi connectivity index (χ2v) is 6.65. The van der Waals surface area contributed by atoms with Crippen molar-refractivity contribution in [3.63, 3.8) is 0 Å². The first-order valence-corrected chi connectivity index (χ1v) is 10.5. The highest BCUT2D eigenvalue weighted by atomic mass is 32.2. The van der Waals surface area contributed by atoms with Crippen molar-refractivity contribution in [3.8, 4) is 0 Å². The van der Waals surface area contributed by atoms with E-state index in [9.17, 15) is 4.39 Å². The Hall–Kier alpha value is -1.31. The average Bonchev–Trinajstić information content (AvgIpc) is 2.63. The lowest BCUT2D eigenvalue weighted by Gasteiger charge is -2.12. The van der Waals surface area contributed by atoms with Crippen LogP contribution in [0.5, 0.6) is 0 Å². The third-order valence-electron chi connectivity index (χ3n) is 3.66. The number of rotatable bonds is 13. The minimum atomic E-state index is -0.195. The van der Waals surface area contributed by atoms with Crippen molar-refractivity contribution in [3.05, 3.63) is 35.1 Å². The molecule has 0 aliphatic rings. The predicted molar refractivity (Wildman–Crippen MR) is 108 cm³/mol. The number of nitrogens with zero attached hydrogens (tertiary/aromatic N) is 1. The van der Waals surface area contributed by atoms with Crippen molar-refractivity contribution in [2.24, 2.45) is 4.99 Å². The van der Waals surface area contributed by atoms with Crippen molar-refractivity contribution in [2.45, 2.75) is 32.1 Å². The van der Waals surface area contributed by atoms with Gasteiger partial charge in [0.15, 0.2) is 5.96 Å². The van der Waals surface area contributed by atoms with Gasteiger partial charge < -0.3 is 20.1 Å². The second kappa shape index (κ2) is 14.8. The first kappa shape index (κ1) is 22.7. The maximum Gasteiger partial charge on any atom is 0.191 e. The van der Waals surface area contributed by atoms with Crippen molar-refractivity contribution < 1.29 is 13.9 Å². The Morgan fingerprint density at radius 1 is 1.15 bits per heavy atom. The number of hydrogen-bond donors (Lipinski definition) is 2. The molecule has 148 valence electrons. The van der Waals surface area contributed by atoms with Gasteiger partial charge in [0.1, 0.15) is 5.82 Å². The molecule has 0 saturated carbocycles. The molecule has 0 saturated heterocycles. The summed E-state index contributed by atoms with van der Waals surface area (Å²) in [5, 5.41) is 6.58. The zero-order chi connectivity index (χ0) is 19.0. The summed E-state index contributed by atoms with van der Waals surface area (Å²) in [6.45, 7) is 6.23. The molecule has 0 spiro atoms. The first-order chi connectivity index (χ1) is 12.7. The molecule has 2 N–H and O–H groups in total. The highest BCUT2D eigenvalue weighted by molar-refractivity contribution is 7.97. The third-order valence-corrected chi connectivity index (χ3v) is 4.26. The average molecular weight is 386 g/mol. The quantitative estimate of drug-likeness (QED) is 0.310. The molecule has 5 nitrogen and oxygen atoms in total. The summed E-state index contributed by atoms with van der Waals surface area (Å²) in [4.78, 5) is 4.63. The van der Waals surface area contributed by atoms with Crippen LogP contribution in [0, 0.1) is 5.82 Å². The molecule has 0 aliphatic heterocycles. The minimum Gasteiger partial charge on any atom is -0.382 e. The Labute approximate surface area is 161 Å². The van der Waals surface area contributed by atoms with Crippen LogP contribution in [0.3, 0.4) is 0 Å². The van der Waals surface area contributed by atoms with E-state index in [0.29, 0.717) is 19.8 Å². The molecule has 0 amide bonds. The van der Waals surface area contributed by atoms with E-state index >= 15 is 0 Å². The summed E-state index contributed by atoms with van der Waals surface area (Å²) >= 11 is 1.68. The molecule has 1 rings (SSSR count). The topological polar surface area (TPSA) is 54.9 Å². The molecule has 0 fully saturated rings. The van der Waals surface area contributed by atoms with E-state index in [0.717, 1.165) is 55.4 Å². The highest BCUT2D eigenvalue weighted by Crippen LogP contribution is 2.17. The number of ether oxygens (including phenoxy) is 2. The van der Waals surface area contributed by atoms with E-state index < -0.39 is 0 Å². The Balaban J connectivity index is 2.43. The monoisotopic (exact) mass is 385 g/mol. The van der Waals surface area contributed by atoms with Gasteiger partial charge in [0.2, 0.25) is 0 Å². The summed E-state index contributed by atoms with van der Waals surface area (Å²) in [7, 11) is 1.67. The Kier molecular flexibility index (Phi) is 13.0. The number of unbranched alkanes of at least 4 members (excludes halogenated alkanes) is 1. The van der Waals surface area contributed by atoms with Gasteiger partial charge in [0.05, 0.1) is 19.8 Å². The zero-order valence-corrected chi connectivity index (χ0v) is 17.0. The Morgan fingerprint density at radius 2 is 2.00 bits per heavy atom. The van der Waals surface area contributed by atoms with Gasteiger partial charge in [-0.25, -0.2) is 9.38 Å². The van der Waals surface area contributed by atoms with Gasteiger partial charge in [-0.05, 0) is 49.3 Å². The molecular weight excluding hydrogens is 353 g/mol. The maximum atomic E-state index is 13.4. The van der Waals surface area contributed by atoms with Gasteiger partial charge >= 0.3 is 0 Å². The molecule has 0 aliphatic carbocycles. The number of halogens is 1. The molecule has 0 radical (unpaired) electrons.